The average Bonchev–Trinajstić information content (AvgIpc) is 3.44. The maximum atomic E-state index is 13.4. The van der Waals surface area contributed by atoms with E-state index >= 15 is 0 Å². The highest BCUT2D eigenvalue weighted by molar-refractivity contribution is 5.92. The molecule has 1 fully saturated rings. The smallest absolute Gasteiger partial charge is 0.261 e. The highest BCUT2D eigenvalue weighted by atomic mass is 19.1. The molecule has 2 aromatic carbocycles. The Hall–Kier alpha value is -3.55. The van der Waals surface area contributed by atoms with Crippen LogP contribution < -0.4 is 10.9 Å². The minimum atomic E-state index is -0.528. The van der Waals surface area contributed by atoms with E-state index in [1.807, 2.05) is 0 Å². The third-order valence-corrected chi connectivity index (χ3v) is 4.71. The van der Waals surface area contributed by atoms with Gasteiger partial charge in [-0.05, 0) is 49.2 Å². The monoisotopic (exact) mass is 378 g/mol. The molecule has 0 saturated heterocycles. The van der Waals surface area contributed by atoms with E-state index in [0.29, 0.717) is 28.2 Å². The van der Waals surface area contributed by atoms with Gasteiger partial charge < -0.3 is 9.73 Å². The lowest BCUT2D eigenvalue weighted by atomic mass is 10.2. The Bertz CT molecular complexity index is 1290. The number of nitrogens with zero attached hydrogens (tertiary/aromatic N) is 3. The fourth-order valence-electron chi connectivity index (χ4n) is 3.13. The summed E-state index contributed by atoms with van der Waals surface area (Å²) in [6.45, 7) is -0.234. The van der Waals surface area contributed by atoms with Crippen LogP contribution in [-0.4, -0.2) is 20.4 Å². The van der Waals surface area contributed by atoms with Gasteiger partial charge in [0, 0.05) is 11.6 Å². The quantitative estimate of drug-likeness (QED) is 0.589. The molecule has 0 unspecified atom stereocenters. The third kappa shape index (κ3) is 3.02. The van der Waals surface area contributed by atoms with Crippen LogP contribution in [0.4, 0.5) is 10.1 Å². The van der Waals surface area contributed by atoms with Crippen molar-refractivity contribution in [2.24, 2.45) is 0 Å². The van der Waals surface area contributed by atoms with Gasteiger partial charge in [0.25, 0.3) is 5.56 Å². The Morgan fingerprint density at radius 1 is 1.21 bits per heavy atom. The molecule has 1 aliphatic carbocycles. The number of fused-ring (bicyclic) bond motifs is 2. The molecule has 0 atom stereocenters. The number of benzene rings is 2. The molecule has 1 amide bonds. The predicted molar refractivity (Wildman–Crippen MR) is 101 cm³/mol. The summed E-state index contributed by atoms with van der Waals surface area (Å²) in [4.78, 5) is 33.4. The Morgan fingerprint density at radius 3 is 2.89 bits per heavy atom. The SMILES string of the molecule is O=C(Cn1cnc2ccc(F)cc2c1=O)Nc1ccc2oc(C3CC3)nc2c1. The van der Waals surface area contributed by atoms with Crippen LogP contribution >= 0.6 is 0 Å². The van der Waals surface area contributed by atoms with Crippen molar-refractivity contribution in [2.75, 3.05) is 5.32 Å². The summed E-state index contributed by atoms with van der Waals surface area (Å²) in [5.74, 6) is 0.215. The van der Waals surface area contributed by atoms with E-state index in [4.69, 9.17) is 4.42 Å². The number of oxazole rings is 1. The summed E-state index contributed by atoms with van der Waals surface area (Å²) in [5.41, 5.74) is 1.82. The van der Waals surface area contributed by atoms with Gasteiger partial charge in [0.2, 0.25) is 5.91 Å². The zero-order chi connectivity index (χ0) is 19.3. The first-order valence-electron chi connectivity index (χ1n) is 8.92. The van der Waals surface area contributed by atoms with Gasteiger partial charge in [0.15, 0.2) is 11.5 Å². The number of aromatic nitrogens is 3. The van der Waals surface area contributed by atoms with Crippen molar-refractivity contribution >= 4 is 33.6 Å². The highest BCUT2D eigenvalue weighted by Gasteiger charge is 2.28. The molecule has 2 aromatic heterocycles. The molecule has 4 aromatic rings. The maximum Gasteiger partial charge on any atom is 0.261 e. The van der Waals surface area contributed by atoms with Crippen molar-refractivity contribution in [3.05, 3.63) is 64.8 Å². The van der Waals surface area contributed by atoms with Crippen LogP contribution in [0.15, 0.2) is 51.9 Å². The van der Waals surface area contributed by atoms with Gasteiger partial charge in [-0.15, -0.1) is 0 Å². The molecule has 5 rings (SSSR count). The average molecular weight is 378 g/mol. The summed E-state index contributed by atoms with van der Waals surface area (Å²) in [7, 11) is 0. The topological polar surface area (TPSA) is 90.0 Å². The molecule has 1 aliphatic rings. The van der Waals surface area contributed by atoms with Crippen LogP contribution in [0, 0.1) is 5.82 Å². The van der Waals surface area contributed by atoms with Crippen molar-refractivity contribution in [3.8, 4) is 0 Å². The molecule has 28 heavy (non-hydrogen) atoms. The number of rotatable bonds is 4. The Balaban J connectivity index is 1.37. The van der Waals surface area contributed by atoms with Gasteiger partial charge in [-0.3, -0.25) is 14.2 Å². The number of carbonyl (C=O) groups excluding carboxylic acids is 1. The number of nitrogens with one attached hydrogen (secondary N) is 1. The fraction of sp³-hybridized carbons (Fsp3) is 0.200. The second-order valence-corrected chi connectivity index (χ2v) is 6.90. The van der Waals surface area contributed by atoms with E-state index < -0.39 is 17.3 Å². The second-order valence-electron chi connectivity index (χ2n) is 6.90. The van der Waals surface area contributed by atoms with Gasteiger partial charge >= 0.3 is 0 Å². The van der Waals surface area contributed by atoms with Crippen molar-refractivity contribution in [2.45, 2.75) is 25.3 Å². The fourth-order valence-corrected chi connectivity index (χ4v) is 3.13. The number of amides is 1. The molecular formula is C20H15FN4O3. The first-order valence-corrected chi connectivity index (χ1v) is 8.92. The minimum Gasteiger partial charge on any atom is -0.440 e. The standard InChI is InChI=1S/C20H15FN4O3/c21-12-3-5-15-14(7-12)20(27)25(10-22-15)9-18(26)23-13-4-6-17-16(8-13)24-19(28-17)11-1-2-11/h3-8,10-11H,1-2,9H2,(H,23,26). The summed E-state index contributed by atoms with van der Waals surface area (Å²) in [5, 5.41) is 2.87. The molecular weight excluding hydrogens is 363 g/mol. The van der Waals surface area contributed by atoms with Crippen molar-refractivity contribution in [1.29, 1.82) is 0 Å². The second kappa shape index (κ2) is 6.26. The number of carbonyl (C=O) groups is 1. The van der Waals surface area contributed by atoms with E-state index in [1.54, 1.807) is 18.2 Å². The number of hydrogen-bond donors (Lipinski definition) is 1. The Morgan fingerprint density at radius 2 is 2.07 bits per heavy atom. The zero-order valence-electron chi connectivity index (χ0n) is 14.7. The van der Waals surface area contributed by atoms with E-state index in [1.165, 1.54) is 18.5 Å². The van der Waals surface area contributed by atoms with Crippen LogP contribution in [0.25, 0.3) is 22.0 Å². The zero-order valence-corrected chi connectivity index (χ0v) is 14.7. The summed E-state index contributed by atoms with van der Waals surface area (Å²) in [6, 6.07) is 9.00. The van der Waals surface area contributed by atoms with Crippen LogP contribution in [0.2, 0.25) is 0 Å². The molecule has 0 spiro atoms. The molecule has 1 N–H and O–H groups in total. The third-order valence-electron chi connectivity index (χ3n) is 4.71. The molecule has 1 saturated carbocycles. The lowest BCUT2D eigenvalue weighted by molar-refractivity contribution is -0.116. The molecule has 7 nitrogen and oxygen atoms in total. The lowest BCUT2D eigenvalue weighted by Gasteiger charge is -2.08. The maximum absolute atomic E-state index is 13.4. The minimum absolute atomic E-state index is 0.131. The van der Waals surface area contributed by atoms with E-state index in [9.17, 15) is 14.0 Å². The molecule has 8 heteroatoms. The number of hydrogen-bond acceptors (Lipinski definition) is 5. The first-order chi connectivity index (χ1) is 13.6. The molecule has 0 radical (unpaired) electrons. The van der Waals surface area contributed by atoms with Gasteiger partial charge in [-0.25, -0.2) is 14.4 Å². The first kappa shape index (κ1) is 16.6. The molecule has 0 aliphatic heterocycles. The van der Waals surface area contributed by atoms with Gasteiger partial charge in [0.05, 0.1) is 17.2 Å². The normalized spacial score (nSPS) is 13.9. The van der Waals surface area contributed by atoms with Gasteiger partial charge in [0.1, 0.15) is 17.9 Å². The largest absolute Gasteiger partial charge is 0.440 e. The predicted octanol–water partition coefficient (Wildman–Crippen LogP) is 3.19. The van der Waals surface area contributed by atoms with Crippen molar-refractivity contribution in [3.63, 3.8) is 0 Å². The van der Waals surface area contributed by atoms with Crippen LogP contribution in [0.5, 0.6) is 0 Å². The van der Waals surface area contributed by atoms with Crippen LogP contribution in [0.1, 0.15) is 24.7 Å². The Labute approximate surface area is 157 Å². The van der Waals surface area contributed by atoms with Crippen molar-refractivity contribution in [1.82, 2.24) is 14.5 Å². The Kier molecular flexibility index (Phi) is 3.71. The summed E-state index contributed by atoms with van der Waals surface area (Å²) < 4.78 is 20.3. The van der Waals surface area contributed by atoms with Crippen LogP contribution in [-0.2, 0) is 11.3 Å². The number of anilines is 1. The number of halogens is 1. The van der Waals surface area contributed by atoms with Crippen LogP contribution in [0.3, 0.4) is 0 Å². The summed E-state index contributed by atoms with van der Waals surface area (Å²) in [6.07, 6.45) is 3.47. The summed E-state index contributed by atoms with van der Waals surface area (Å²) >= 11 is 0. The highest BCUT2D eigenvalue weighted by Crippen LogP contribution is 2.40. The van der Waals surface area contributed by atoms with E-state index in [2.05, 4.69) is 15.3 Å². The van der Waals surface area contributed by atoms with Gasteiger partial charge in [-0.1, -0.05) is 0 Å². The van der Waals surface area contributed by atoms with E-state index in [0.717, 1.165) is 29.4 Å². The molecule has 0 bridgehead atoms. The molecule has 2 heterocycles. The molecule has 140 valence electrons. The lowest BCUT2D eigenvalue weighted by Crippen LogP contribution is -2.28. The van der Waals surface area contributed by atoms with Crippen molar-refractivity contribution < 1.29 is 13.6 Å². The van der Waals surface area contributed by atoms with E-state index in [-0.39, 0.29) is 11.9 Å². The van der Waals surface area contributed by atoms with Gasteiger partial charge in [-0.2, -0.15) is 0 Å².